The maximum atomic E-state index is 10.8. The minimum absolute atomic E-state index is 0.0127. The van der Waals surface area contributed by atoms with Gasteiger partial charge >= 0.3 is 0 Å². The van der Waals surface area contributed by atoms with Gasteiger partial charge in [-0.3, -0.25) is 10.1 Å². The molecule has 2 atom stereocenters. The Morgan fingerprint density at radius 2 is 1.95 bits per heavy atom. The number of hydrogen-bond acceptors (Lipinski definition) is 3. The summed E-state index contributed by atoms with van der Waals surface area (Å²) in [7, 11) is 0. The number of rotatable bonds is 2. The molecule has 19 heavy (non-hydrogen) atoms. The summed E-state index contributed by atoms with van der Waals surface area (Å²) in [4.78, 5) is 12.6. The summed E-state index contributed by atoms with van der Waals surface area (Å²) in [6.07, 6.45) is 1.21. The molecule has 1 aliphatic rings. The fourth-order valence-corrected chi connectivity index (χ4v) is 3.95. The van der Waals surface area contributed by atoms with E-state index in [1.54, 1.807) is 0 Å². The lowest BCUT2D eigenvalue weighted by molar-refractivity contribution is -0.384. The van der Waals surface area contributed by atoms with Crippen molar-refractivity contribution in [1.29, 1.82) is 0 Å². The number of hydrogen-bond donors (Lipinski definition) is 0. The zero-order valence-electron chi connectivity index (χ0n) is 10.9. The molecular formula is C13H16BrClN2O2. The van der Waals surface area contributed by atoms with Crippen molar-refractivity contribution in [1.82, 2.24) is 0 Å². The smallest absolute Gasteiger partial charge is 0.272 e. The summed E-state index contributed by atoms with van der Waals surface area (Å²) in [6.45, 7) is 6.30. The topological polar surface area (TPSA) is 46.4 Å². The third-order valence-corrected chi connectivity index (χ3v) is 4.29. The Bertz CT molecular complexity index is 476. The highest BCUT2D eigenvalue weighted by Gasteiger charge is 2.26. The van der Waals surface area contributed by atoms with Gasteiger partial charge in [-0.15, -0.1) is 0 Å². The first-order valence-corrected chi connectivity index (χ1v) is 7.44. The van der Waals surface area contributed by atoms with Gasteiger partial charge in [0.2, 0.25) is 0 Å². The van der Waals surface area contributed by atoms with E-state index < -0.39 is 4.92 Å². The number of halogens is 2. The zero-order chi connectivity index (χ0) is 14.2. The molecule has 1 saturated heterocycles. The molecule has 1 aromatic carbocycles. The van der Waals surface area contributed by atoms with E-state index in [4.69, 9.17) is 11.6 Å². The van der Waals surface area contributed by atoms with Crippen LogP contribution in [-0.4, -0.2) is 18.0 Å². The Kier molecular flexibility index (Phi) is 4.36. The van der Waals surface area contributed by atoms with Crippen molar-refractivity contribution in [2.45, 2.75) is 20.3 Å². The predicted molar refractivity (Wildman–Crippen MR) is 81.0 cm³/mol. The van der Waals surface area contributed by atoms with Crippen molar-refractivity contribution in [3.8, 4) is 0 Å². The second kappa shape index (κ2) is 5.67. The molecule has 1 fully saturated rings. The van der Waals surface area contributed by atoms with Crippen LogP contribution in [0.1, 0.15) is 20.3 Å². The molecule has 0 aliphatic carbocycles. The lowest BCUT2D eigenvalue weighted by Crippen LogP contribution is -2.39. The van der Waals surface area contributed by atoms with Gasteiger partial charge in [-0.05, 0) is 34.2 Å². The van der Waals surface area contributed by atoms with Crippen LogP contribution in [0.2, 0.25) is 5.02 Å². The van der Waals surface area contributed by atoms with E-state index in [1.807, 2.05) is 0 Å². The Labute approximate surface area is 126 Å². The first-order valence-electron chi connectivity index (χ1n) is 6.27. The summed E-state index contributed by atoms with van der Waals surface area (Å²) < 4.78 is 0.688. The van der Waals surface area contributed by atoms with E-state index in [0.717, 1.165) is 18.8 Å². The van der Waals surface area contributed by atoms with Crippen LogP contribution in [0.15, 0.2) is 16.6 Å². The number of nitro groups is 1. The van der Waals surface area contributed by atoms with Crippen LogP contribution in [0.3, 0.4) is 0 Å². The monoisotopic (exact) mass is 346 g/mol. The Balaban J connectivity index is 2.37. The van der Waals surface area contributed by atoms with Gasteiger partial charge in [0.1, 0.15) is 0 Å². The van der Waals surface area contributed by atoms with Gasteiger partial charge in [0.05, 0.1) is 15.6 Å². The van der Waals surface area contributed by atoms with E-state index in [2.05, 4.69) is 34.7 Å². The highest BCUT2D eigenvalue weighted by Crippen LogP contribution is 2.39. The molecule has 2 rings (SSSR count). The molecule has 1 aromatic rings. The van der Waals surface area contributed by atoms with Gasteiger partial charge in [-0.2, -0.15) is 0 Å². The quantitative estimate of drug-likeness (QED) is 0.585. The molecule has 1 aliphatic heterocycles. The fourth-order valence-electron chi connectivity index (χ4n) is 2.81. The average molecular weight is 348 g/mol. The lowest BCUT2D eigenvalue weighted by atomic mass is 9.91. The Morgan fingerprint density at radius 1 is 1.37 bits per heavy atom. The van der Waals surface area contributed by atoms with Crippen molar-refractivity contribution in [3.05, 3.63) is 31.7 Å². The zero-order valence-corrected chi connectivity index (χ0v) is 13.2. The fraction of sp³-hybridized carbons (Fsp3) is 0.538. The second-order valence-electron chi connectivity index (χ2n) is 5.37. The van der Waals surface area contributed by atoms with Crippen molar-refractivity contribution in [2.24, 2.45) is 11.8 Å². The standard InChI is InChI=1S/C13H16BrClN2O2/c1-8-3-9(2)7-16(6-8)13-11(14)4-10(17(18)19)5-12(13)15/h4-5,8-9H,3,6-7H2,1-2H3. The van der Waals surface area contributed by atoms with Crippen LogP contribution in [0.4, 0.5) is 11.4 Å². The van der Waals surface area contributed by atoms with E-state index >= 15 is 0 Å². The maximum absolute atomic E-state index is 10.8. The van der Waals surface area contributed by atoms with Gasteiger partial charge in [0.25, 0.3) is 5.69 Å². The third-order valence-electron chi connectivity index (χ3n) is 3.40. The maximum Gasteiger partial charge on any atom is 0.272 e. The van der Waals surface area contributed by atoms with E-state index in [9.17, 15) is 10.1 Å². The number of anilines is 1. The Hall–Kier alpha value is -0.810. The number of piperidine rings is 1. The number of non-ortho nitro benzene ring substituents is 1. The van der Waals surface area contributed by atoms with Crippen LogP contribution >= 0.6 is 27.5 Å². The number of benzene rings is 1. The molecule has 2 unspecified atom stereocenters. The minimum atomic E-state index is -0.429. The van der Waals surface area contributed by atoms with Crippen LogP contribution in [-0.2, 0) is 0 Å². The largest absolute Gasteiger partial charge is 0.369 e. The van der Waals surface area contributed by atoms with E-state index in [0.29, 0.717) is 21.3 Å². The SMILES string of the molecule is CC1CC(C)CN(c2c(Cl)cc([N+](=O)[O-])cc2Br)C1. The molecule has 104 valence electrons. The minimum Gasteiger partial charge on any atom is -0.369 e. The van der Waals surface area contributed by atoms with Crippen LogP contribution < -0.4 is 4.90 Å². The van der Waals surface area contributed by atoms with Gasteiger partial charge in [-0.25, -0.2) is 0 Å². The first-order chi connectivity index (χ1) is 8.88. The highest BCUT2D eigenvalue weighted by atomic mass is 79.9. The molecule has 0 amide bonds. The van der Waals surface area contributed by atoms with E-state index in [1.165, 1.54) is 18.6 Å². The molecular weight excluding hydrogens is 332 g/mol. The summed E-state index contributed by atoms with van der Waals surface area (Å²) >= 11 is 9.64. The molecule has 4 nitrogen and oxygen atoms in total. The van der Waals surface area contributed by atoms with Crippen molar-refractivity contribution in [2.75, 3.05) is 18.0 Å². The van der Waals surface area contributed by atoms with Crippen molar-refractivity contribution >= 4 is 38.9 Å². The van der Waals surface area contributed by atoms with Crippen LogP contribution in [0.5, 0.6) is 0 Å². The molecule has 0 aromatic heterocycles. The van der Waals surface area contributed by atoms with Gasteiger partial charge in [0.15, 0.2) is 0 Å². The third kappa shape index (κ3) is 3.20. The van der Waals surface area contributed by atoms with E-state index in [-0.39, 0.29) is 5.69 Å². The normalized spacial score (nSPS) is 23.5. The molecule has 0 radical (unpaired) electrons. The van der Waals surface area contributed by atoms with Gasteiger partial charge < -0.3 is 4.90 Å². The van der Waals surface area contributed by atoms with Crippen molar-refractivity contribution in [3.63, 3.8) is 0 Å². The number of nitro benzene ring substituents is 1. The molecule has 0 spiro atoms. The first kappa shape index (κ1) is 14.6. The lowest BCUT2D eigenvalue weighted by Gasteiger charge is -2.37. The Morgan fingerprint density at radius 3 is 2.42 bits per heavy atom. The van der Waals surface area contributed by atoms with Crippen LogP contribution in [0, 0.1) is 22.0 Å². The summed E-state index contributed by atoms with van der Waals surface area (Å²) in [5.41, 5.74) is 0.879. The molecule has 1 heterocycles. The molecule has 0 bridgehead atoms. The number of nitrogens with zero attached hydrogens (tertiary/aromatic N) is 2. The predicted octanol–water partition coefficient (Wildman–Crippen LogP) is 4.49. The summed E-state index contributed by atoms with van der Waals surface area (Å²) in [5, 5.41) is 11.2. The average Bonchev–Trinajstić information content (AvgIpc) is 2.26. The summed E-state index contributed by atoms with van der Waals surface area (Å²) in [6, 6.07) is 2.94. The van der Waals surface area contributed by atoms with Gasteiger partial charge in [-0.1, -0.05) is 25.4 Å². The summed E-state index contributed by atoms with van der Waals surface area (Å²) in [5.74, 6) is 1.20. The van der Waals surface area contributed by atoms with Crippen LogP contribution in [0.25, 0.3) is 0 Å². The highest BCUT2D eigenvalue weighted by molar-refractivity contribution is 9.10. The second-order valence-corrected chi connectivity index (χ2v) is 6.63. The molecule has 0 N–H and O–H groups in total. The molecule has 6 heteroatoms. The van der Waals surface area contributed by atoms with Gasteiger partial charge in [0, 0.05) is 29.7 Å². The molecule has 0 saturated carbocycles. The van der Waals surface area contributed by atoms with Crippen molar-refractivity contribution < 1.29 is 4.92 Å².